The number of rotatable bonds is 7. The second kappa shape index (κ2) is 9.87. The van der Waals surface area contributed by atoms with E-state index in [-0.39, 0.29) is 17.7 Å². The minimum atomic E-state index is -0.294. The van der Waals surface area contributed by atoms with E-state index < -0.39 is 0 Å². The Labute approximate surface area is 206 Å². The SMILES string of the molecule is CCn1c(SCC(=O)N2N=C(c3ccc(Cl)cc3)C[C@H]2c2ccco2)nnc1-c1ccccc1. The summed E-state index contributed by atoms with van der Waals surface area (Å²) in [5.74, 6) is 1.55. The Morgan fingerprint density at radius 3 is 2.56 bits per heavy atom. The predicted octanol–water partition coefficient (Wildman–Crippen LogP) is 5.68. The van der Waals surface area contributed by atoms with Crippen molar-refractivity contribution in [1.29, 1.82) is 0 Å². The van der Waals surface area contributed by atoms with E-state index in [0.29, 0.717) is 28.9 Å². The summed E-state index contributed by atoms with van der Waals surface area (Å²) in [7, 11) is 0. The fourth-order valence-corrected chi connectivity index (χ4v) is 4.91. The molecule has 5 rings (SSSR count). The number of furan rings is 1. The molecule has 1 aliphatic rings. The molecule has 0 bridgehead atoms. The number of nitrogens with zero attached hydrogens (tertiary/aromatic N) is 5. The van der Waals surface area contributed by atoms with Crippen LogP contribution in [0.3, 0.4) is 0 Å². The smallest absolute Gasteiger partial charge is 0.253 e. The molecule has 9 heteroatoms. The van der Waals surface area contributed by atoms with Crippen LogP contribution in [0.2, 0.25) is 5.02 Å². The van der Waals surface area contributed by atoms with E-state index in [1.807, 2.05) is 78.2 Å². The predicted molar refractivity (Wildman–Crippen MR) is 133 cm³/mol. The van der Waals surface area contributed by atoms with Gasteiger partial charge in [-0.05, 0) is 36.8 Å². The molecule has 0 N–H and O–H groups in total. The Hall–Kier alpha value is -3.36. The van der Waals surface area contributed by atoms with E-state index in [2.05, 4.69) is 15.3 Å². The van der Waals surface area contributed by atoms with Crippen molar-refractivity contribution in [2.24, 2.45) is 5.10 Å². The van der Waals surface area contributed by atoms with E-state index in [4.69, 9.17) is 16.0 Å². The Bertz CT molecular complexity index is 1300. The van der Waals surface area contributed by atoms with Crippen LogP contribution in [-0.2, 0) is 11.3 Å². The van der Waals surface area contributed by atoms with Crippen LogP contribution in [0.4, 0.5) is 0 Å². The molecule has 1 atom stereocenters. The molecular formula is C25H22ClN5O2S. The summed E-state index contributed by atoms with van der Waals surface area (Å²) >= 11 is 7.40. The lowest BCUT2D eigenvalue weighted by Gasteiger charge is -2.19. The molecule has 7 nitrogen and oxygen atoms in total. The second-order valence-corrected chi connectivity index (χ2v) is 9.11. The lowest BCUT2D eigenvalue weighted by Crippen LogP contribution is -2.28. The summed E-state index contributed by atoms with van der Waals surface area (Å²) < 4.78 is 7.65. The van der Waals surface area contributed by atoms with Crippen LogP contribution in [0.5, 0.6) is 0 Å². The van der Waals surface area contributed by atoms with Gasteiger partial charge < -0.3 is 8.98 Å². The number of halogens is 1. The van der Waals surface area contributed by atoms with Gasteiger partial charge in [0, 0.05) is 23.6 Å². The third-order valence-electron chi connectivity index (χ3n) is 5.60. The number of hydrogen-bond acceptors (Lipinski definition) is 6. The summed E-state index contributed by atoms with van der Waals surface area (Å²) in [4.78, 5) is 13.3. The summed E-state index contributed by atoms with van der Waals surface area (Å²) in [5, 5.41) is 16.3. The molecule has 2 aromatic carbocycles. The van der Waals surface area contributed by atoms with Gasteiger partial charge >= 0.3 is 0 Å². The van der Waals surface area contributed by atoms with E-state index in [9.17, 15) is 4.79 Å². The van der Waals surface area contributed by atoms with Gasteiger partial charge in [-0.3, -0.25) is 4.79 Å². The number of benzene rings is 2. The van der Waals surface area contributed by atoms with Gasteiger partial charge in [-0.15, -0.1) is 10.2 Å². The summed E-state index contributed by atoms with van der Waals surface area (Å²) in [6, 6.07) is 20.8. The first-order valence-corrected chi connectivity index (χ1v) is 12.3. The average Bonchev–Trinajstić information content (AvgIpc) is 3.63. The summed E-state index contributed by atoms with van der Waals surface area (Å²) in [6.07, 6.45) is 2.18. The highest BCUT2D eigenvalue weighted by Gasteiger charge is 2.35. The Kier molecular flexibility index (Phi) is 6.51. The highest BCUT2D eigenvalue weighted by Crippen LogP contribution is 2.34. The van der Waals surface area contributed by atoms with Crippen molar-refractivity contribution < 1.29 is 9.21 Å². The van der Waals surface area contributed by atoms with Crippen LogP contribution in [0.25, 0.3) is 11.4 Å². The van der Waals surface area contributed by atoms with Crippen molar-refractivity contribution in [2.75, 3.05) is 5.75 Å². The lowest BCUT2D eigenvalue weighted by atomic mass is 10.0. The fourth-order valence-electron chi connectivity index (χ4n) is 3.93. The molecule has 34 heavy (non-hydrogen) atoms. The molecular weight excluding hydrogens is 470 g/mol. The van der Waals surface area contributed by atoms with Gasteiger partial charge in [0.2, 0.25) is 0 Å². The molecule has 0 saturated heterocycles. The van der Waals surface area contributed by atoms with Crippen molar-refractivity contribution in [2.45, 2.75) is 31.1 Å². The van der Waals surface area contributed by atoms with E-state index in [1.54, 1.807) is 6.26 Å². The summed E-state index contributed by atoms with van der Waals surface area (Å²) in [5.41, 5.74) is 2.74. The van der Waals surface area contributed by atoms with Crippen LogP contribution in [0, 0.1) is 0 Å². The highest BCUT2D eigenvalue weighted by atomic mass is 35.5. The van der Waals surface area contributed by atoms with Crippen molar-refractivity contribution >= 4 is 35.0 Å². The van der Waals surface area contributed by atoms with Gasteiger partial charge in [-0.25, -0.2) is 5.01 Å². The van der Waals surface area contributed by atoms with Gasteiger partial charge in [-0.1, -0.05) is 65.8 Å². The van der Waals surface area contributed by atoms with Crippen molar-refractivity contribution in [1.82, 2.24) is 19.8 Å². The number of hydrazone groups is 1. The number of thioether (sulfide) groups is 1. The molecule has 172 valence electrons. The first-order chi connectivity index (χ1) is 16.6. The average molecular weight is 492 g/mol. The maximum Gasteiger partial charge on any atom is 0.253 e. The first-order valence-electron chi connectivity index (χ1n) is 10.9. The standard InChI is InChI=1S/C25H22ClN5O2S/c1-2-30-24(18-7-4-3-5-8-18)27-28-25(30)34-16-23(32)31-21(22-9-6-14-33-22)15-20(29-31)17-10-12-19(26)13-11-17/h3-14,21H,2,15-16H2,1H3/t21-/m0/s1. The van der Waals surface area contributed by atoms with Crippen molar-refractivity contribution in [3.63, 3.8) is 0 Å². The van der Waals surface area contributed by atoms with Gasteiger partial charge in [0.1, 0.15) is 11.8 Å². The number of amides is 1. The quantitative estimate of drug-likeness (QED) is 0.311. The van der Waals surface area contributed by atoms with Crippen LogP contribution < -0.4 is 0 Å². The Morgan fingerprint density at radius 1 is 1.06 bits per heavy atom. The molecule has 1 aliphatic heterocycles. The fraction of sp³-hybridized carbons (Fsp3) is 0.200. The Balaban J connectivity index is 1.36. The molecule has 0 spiro atoms. The topological polar surface area (TPSA) is 76.5 Å². The molecule has 0 aliphatic carbocycles. The van der Waals surface area contributed by atoms with Gasteiger partial charge in [0.15, 0.2) is 11.0 Å². The zero-order chi connectivity index (χ0) is 23.5. The third-order valence-corrected chi connectivity index (χ3v) is 6.81. The normalized spacial score (nSPS) is 15.5. The minimum Gasteiger partial charge on any atom is -0.467 e. The largest absolute Gasteiger partial charge is 0.467 e. The summed E-state index contributed by atoms with van der Waals surface area (Å²) in [6.45, 7) is 2.74. The molecule has 4 aromatic rings. The zero-order valence-corrected chi connectivity index (χ0v) is 20.0. The van der Waals surface area contributed by atoms with Crippen LogP contribution >= 0.6 is 23.4 Å². The highest BCUT2D eigenvalue weighted by molar-refractivity contribution is 7.99. The molecule has 0 saturated carbocycles. The zero-order valence-electron chi connectivity index (χ0n) is 18.5. The number of carbonyl (C=O) groups is 1. The van der Waals surface area contributed by atoms with Gasteiger partial charge in [-0.2, -0.15) is 5.10 Å². The lowest BCUT2D eigenvalue weighted by molar-refractivity contribution is -0.130. The van der Waals surface area contributed by atoms with Crippen molar-refractivity contribution in [3.05, 3.63) is 89.3 Å². The van der Waals surface area contributed by atoms with Crippen LogP contribution in [0.1, 0.15) is 30.7 Å². The number of carbonyl (C=O) groups excluding carboxylic acids is 1. The maximum absolute atomic E-state index is 13.3. The molecule has 3 heterocycles. The molecule has 1 amide bonds. The third kappa shape index (κ3) is 4.51. The monoisotopic (exact) mass is 491 g/mol. The van der Waals surface area contributed by atoms with Gasteiger partial charge in [0.25, 0.3) is 5.91 Å². The second-order valence-electron chi connectivity index (χ2n) is 7.73. The Morgan fingerprint density at radius 2 is 1.85 bits per heavy atom. The van der Waals surface area contributed by atoms with Crippen LogP contribution in [0.15, 0.2) is 87.7 Å². The molecule has 0 unspecified atom stereocenters. The number of hydrogen-bond donors (Lipinski definition) is 0. The maximum atomic E-state index is 13.3. The molecule has 0 radical (unpaired) electrons. The van der Waals surface area contributed by atoms with Gasteiger partial charge in [0.05, 0.1) is 17.7 Å². The molecule has 0 fully saturated rings. The van der Waals surface area contributed by atoms with E-state index in [0.717, 1.165) is 22.7 Å². The number of aromatic nitrogens is 3. The first kappa shape index (κ1) is 22.4. The van der Waals surface area contributed by atoms with Crippen molar-refractivity contribution in [3.8, 4) is 11.4 Å². The van der Waals surface area contributed by atoms with Crippen LogP contribution in [-0.4, -0.2) is 37.1 Å². The minimum absolute atomic E-state index is 0.123. The van der Waals surface area contributed by atoms with E-state index >= 15 is 0 Å². The van der Waals surface area contributed by atoms with E-state index in [1.165, 1.54) is 16.8 Å². The molecule has 2 aromatic heterocycles.